The molecule has 16 heavy (non-hydrogen) atoms. The zero-order valence-corrected chi connectivity index (χ0v) is 13.4. The highest BCUT2D eigenvalue weighted by atomic mass is 35.9. The highest BCUT2D eigenvalue weighted by molar-refractivity contribution is 8.20. The molecule has 1 saturated heterocycles. The van der Waals surface area contributed by atoms with E-state index in [1.807, 2.05) is 0 Å². The highest BCUT2D eigenvalue weighted by Gasteiger charge is 2.44. The van der Waals surface area contributed by atoms with Gasteiger partial charge in [0.2, 0.25) is 7.51 Å². The largest absolute Gasteiger partial charge is 0.262 e. The van der Waals surface area contributed by atoms with Crippen LogP contribution in [0.5, 0.6) is 0 Å². The van der Waals surface area contributed by atoms with E-state index in [4.69, 9.17) is 56.6 Å². The van der Waals surface area contributed by atoms with Gasteiger partial charge in [0.15, 0.2) is 0 Å². The summed E-state index contributed by atoms with van der Waals surface area (Å²) in [5.74, 6) is 5.71. The van der Waals surface area contributed by atoms with Crippen molar-refractivity contribution in [1.82, 2.24) is 9.56 Å². The molecule has 94 valence electrons. The predicted molar refractivity (Wildman–Crippen MR) is 73.2 cm³/mol. The van der Waals surface area contributed by atoms with Crippen LogP contribution in [-0.4, -0.2) is 22.6 Å². The average Bonchev–Trinajstić information content (AvgIpc) is 2.28. The Morgan fingerprint density at radius 2 is 1.25 bits per heavy atom. The lowest BCUT2D eigenvalue weighted by Gasteiger charge is -2.30. The van der Waals surface area contributed by atoms with Crippen LogP contribution in [0.1, 0.15) is 0 Å². The maximum Gasteiger partial charge on any atom is 0.257 e. The third-order valence-corrected chi connectivity index (χ3v) is 13.9. The quantitative estimate of drug-likeness (QED) is 0.498. The van der Waals surface area contributed by atoms with Crippen molar-refractivity contribution in [3.63, 3.8) is 0 Å². The number of hydrogen-bond donors (Lipinski definition) is 2. The molecule has 0 radical (unpaired) electrons. The van der Waals surface area contributed by atoms with Gasteiger partial charge in [-0.05, 0) is 45.0 Å². The van der Waals surface area contributed by atoms with Crippen LogP contribution in [0.3, 0.4) is 0 Å². The van der Waals surface area contributed by atoms with Crippen molar-refractivity contribution in [2.24, 2.45) is 25.2 Å². The lowest BCUT2D eigenvalue weighted by atomic mass is 10.7. The second-order valence-corrected chi connectivity index (χ2v) is 15.8. The predicted octanol–water partition coefficient (Wildman–Crippen LogP) is 4.16. The summed E-state index contributed by atoms with van der Waals surface area (Å²) < 4.78 is 15.0. The smallest absolute Gasteiger partial charge is 0.257 e. The zero-order valence-electron chi connectivity index (χ0n) is 7.66. The van der Waals surface area contributed by atoms with Gasteiger partial charge in [-0.15, -0.1) is 0 Å². The molecule has 1 fully saturated rings. The summed E-state index contributed by atoms with van der Waals surface area (Å²) >= 11 is 23.8. The van der Waals surface area contributed by atoms with E-state index in [1.165, 1.54) is 9.56 Å². The number of nitrogens with two attached hydrogens (primary N) is 2. The summed E-state index contributed by atoms with van der Waals surface area (Å²) in [5.41, 5.74) is 0. The summed E-state index contributed by atoms with van der Waals surface area (Å²) in [6, 6.07) is 0. The van der Waals surface area contributed by atoms with Gasteiger partial charge in [-0.1, -0.05) is 0 Å². The zero-order chi connectivity index (χ0) is 12.2. The van der Waals surface area contributed by atoms with Crippen LogP contribution in [0.25, 0.3) is 0 Å². The van der Waals surface area contributed by atoms with Crippen molar-refractivity contribution in [1.29, 1.82) is 0 Å². The van der Waals surface area contributed by atoms with Crippen molar-refractivity contribution in [2.75, 3.05) is 13.1 Å². The van der Waals surface area contributed by atoms with Crippen LogP contribution < -0.4 is 11.7 Å². The van der Waals surface area contributed by atoms with Gasteiger partial charge in [0.25, 0.3) is 11.8 Å². The summed E-state index contributed by atoms with van der Waals surface area (Å²) in [4.78, 5) is 0. The first kappa shape index (κ1) is 14.1. The highest BCUT2D eigenvalue weighted by Crippen LogP contribution is 2.86. The van der Waals surface area contributed by atoms with Crippen LogP contribution >= 0.6 is 64.3 Å². The molecule has 0 atom stereocenters. The molecule has 0 amide bonds. The molecular formula is C2H8Cl4N7P3. The number of nitrogens with zero attached hydrogens (tertiary/aromatic N) is 5. The Labute approximate surface area is 112 Å². The third kappa shape index (κ3) is 2.52. The van der Waals surface area contributed by atoms with Gasteiger partial charge < -0.3 is 0 Å². The average molecular weight is 365 g/mol. The van der Waals surface area contributed by atoms with Crippen LogP contribution in [0.2, 0.25) is 0 Å². The van der Waals surface area contributed by atoms with Crippen LogP contribution in [0.15, 0.2) is 13.5 Å². The van der Waals surface area contributed by atoms with Gasteiger partial charge in [-0.3, -0.25) is 11.7 Å². The Morgan fingerprint density at radius 1 is 0.812 bits per heavy atom. The van der Waals surface area contributed by atoms with Crippen LogP contribution in [-0.2, 0) is 0 Å². The Hall–Kier alpha value is 1.69. The van der Waals surface area contributed by atoms with Crippen molar-refractivity contribution in [3.8, 4) is 0 Å². The lowest BCUT2D eigenvalue weighted by molar-refractivity contribution is 0.487. The van der Waals surface area contributed by atoms with Gasteiger partial charge in [0.05, 0.1) is 0 Å². The van der Waals surface area contributed by atoms with Gasteiger partial charge in [0.1, 0.15) is 0 Å². The summed E-state index contributed by atoms with van der Waals surface area (Å²) in [6.07, 6.45) is 0. The maximum atomic E-state index is 5.96. The summed E-state index contributed by atoms with van der Waals surface area (Å²) in [5, 5.41) is 0. The fourth-order valence-corrected chi connectivity index (χ4v) is 16.7. The number of hydrogen-bond acceptors (Lipinski definition) is 7. The monoisotopic (exact) mass is 363 g/mol. The van der Waals surface area contributed by atoms with Gasteiger partial charge >= 0.3 is 0 Å². The molecular weight excluding hydrogens is 357 g/mol. The molecule has 1 spiro atoms. The van der Waals surface area contributed by atoms with E-state index in [0.717, 1.165) is 0 Å². The van der Waals surface area contributed by atoms with Gasteiger partial charge in [-0.25, -0.2) is 0 Å². The van der Waals surface area contributed by atoms with Crippen molar-refractivity contribution in [2.45, 2.75) is 0 Å². The molecule has 2 aliphatic rings. The molecule has 2 aliphatic heterocycles. The van der Waals surface area contributed by atoms with Crippen LogP contribution in [0.4, 0.5) is 0 Å². The van der Waals surface area contributed by atoms with Crippen LogP contribution in [0, 0.1) is 0 Å². The fraction of sp³-hybridized carbons (Fsp3) is 1.00. The molecule has 7 nitrogen and oxygen atoms in total. The van der Waals surface area contributed by atoms with E-state index in [2.05, 4.69) is 13.5 Å². The third-order valence-electron chi connectivity index (χ3n) is 1.92. The minimum absolute atomic E-state index is 0.499. The molecule has 0 bridgehead atoms. The van der Waals surface area contributed by atoms with Crippen molar-refractivity contribution < 1.29 is 0 Å². The lowest BCUT2D eigenvalue weighted by Crippen LogP contribution is -2.27. The standard InChI is InChI=1S/C2H8Cl4N7P3/c3-14(4)9-15(5,6)11-16(10-14)12(7)1-2-13(16)8/h1-2,7-8H2. The summed E-state index contributed by atoms with van der Waals surface area (Å²) in [7, 11) is -2.72. The molecule has 0 aliphatic carbocycles. The fourth-order valence-electron chi connectivity index (χ4n) is 1.30. The topological polar surface area (TPSA) is 95.6 Å². The molecule has 0 saturated carbocycles. The van der Waals surface area contributed by atoms with E-state index in [-0.39, 0.29) is 0 Å². The number of hydrazine groups is 2. The van der Waals surface area contributed by atoms with E-state index >= 15 is 0 Å². The molecule has 4 N–H and O–H groups in total. The Bertz CT molecular complexity index is 453. The van der Waals surface area contributed by atoms with E-state index in [1.54, 1.807) is 0 Å². The number of rotatable bonds is 0. The molecule has 2 heterocycles. The van der Waals surface area contributed by atoms with Crippen molar-refractivity contribution in [3.05, 3.63) is 0 Å². The molecule has 0 aromatic rings. The van der Waals surface area contributed by atoms with Gasteiger partial charge in [-0.2, -0.15) is 23.1 Å². The first-order valence-corrected chi connectivity index (χ1v) is 12.5. The first-order valence-electron chi connectivity index (χ1n) is 3.92. The molecule has 0 aromatic heterocycles. The van der Waals surface area contributed by atoms with Crippen molar-refractivity contribution >= 4 is 64.3 Å². The maximum absolute atomic E-state index is 5.96. The van der Waals surface area contributed by atoms with E-state index in [0.29, 0.717) is 13.1 Å². The second kappa shape index (κ2) is 4.36. The second-order valence-electron chi connectivity index (χ2n) is 3.04. The minimum Gasteiger partial charge on any atom is -0.262 e. The number of halogens is 4. The Balaban J connectivity index is 2.72. The molecule has 0 aromatic carbocycles. The molecule has 14 heteroatoms. The van der Waals surface area contributed by atoms with E-state index in [9.17, 15) is 0 Å². The normalized spacial score (nSPS) is 31.9. The van der Waals surface area contributed by atoms with E-state index < -0.39 is 19.3 Å². The van der Waals surface area contributed by atoms with Gasteiger partial charge in [0, 0.05) is 13.1 Å². The minimum atomic E-state index is -2.96. The SMILES string of the molecule is NN1CCN(N)P12=NP(Cl)(Cl)=NP(Cl)(Cl)=N2. The Kier molecular flexibility index (Phi) is 3.85. The first-order chi connectivity index (χ1) is 7.17. The molecule has 0 unspecified atom stereocenters. The summed E-state index contributed by atoms with van der Waals surface area (Å²) in [6.45, 7) is 0.998. The molecule has 2 rings (SSSR count). The Morgan fingerprint density at radius 3 is 1.69 bits per heavy atom.